The number of nitrogens with zero attached hydrogens (tertiary/aromatic N) is 6. The zero-order chi connectivity index (χ0) is 14.7. The second-order valence-corrected chi connectivity index (χ2v) is 4.92. The minimum atomic E-state index is 0.535. The van der Waals surface area contributed by atoms with Crippen molar-refractivity contribution in [2.75, 3.05) is 30.9 Å². The molecule has 0 fully saturated rings. The van der Waals surface area contributed by atoms with Crippen molar-refractivity contribution >= 4 is 11.9 Å². The van der Waals surface area contributed by atoms with Crippen molar-refractivity contribution in [1.29, 1.82) is 0 Å². The van der Waals surface area contributed by atoms with Gasteiger partial charge in [0, 0.05) is 26.3 Å². The average molecular weight is 275 g/mol. The number of aromatic nitrogens is 5. The van der Waals surface area contributed by atoms with Gasteiger partial charge < -0.3 is 10.2 Å². The Kier molecular flexibility index (Phi) is 4.16. The number of hydrogen-bond acceptors (Lipinski definition) is 6. The molecule has 7 heteroatoms. The van der Waals surface area contributed by atoms with Crippen LogP contribution in [0.3, 0.4) is 0 Å². The summed E-state index contributed by atoms with van der Waals surface area (Å²) >= 11 is 0. The Balaban J connectivity index is 2.46. The Morgan fingerprint density at radius 2 is 1.95 bits per heavy atom. The molecular weight excluding hydrogens is 254 g/mol. The molecule has 0 bridgehead atoms. The summed E-state index contributed by atoms with van der Waals surface area (Å²) < 4.78 is 1.74. The van der Waals surface area contributed by atoms with E-state index in [1.54, 1.807) is 4.68 Å². The molecular formula is C13H21N7. The normalized spacial score (nSPS) is 10.7. The van der Waals surface area contributed by atoms with Crippen LogP contribution in [0, 0.1) is 13.8 Å². The van der Waals surface area contributed by atoms with Crippen LogP contribution in [0.1, 0.15) is 24.7 Å². The minimum absolute atomic E-state index is 0.535. The Hall–Kier alpha value is -2.18. The maximum absolute atomic E-state index is 4.45. The fourth-order valence-corrected chi connectivity index (χ4v) is 1.80. The standard InChI is InChI=1S/C13H21N7/c1-6-7-14-11-15-12(19(4)5)17-13(16-11)20-10(3)8-9(2)18-20/h8H,6-7H2,1-5H3,(H,14,15,16,17). The van der Waals surface area contributed by atoms with Crippen molar-refractivity contribution in [2.24, 2.45) is 0 Å². The quantitative estimate of drug-likeness (QED) is 0.893. The molecule has 2 aromatic heterocycles. The molecule has 0 aromatic carbocycles. The molecule has 2 heterocycles. The van der Waals surface area contributed by atoms with Crippen LogP contribution in [0.4, 0.5) is 11.9 Å². The summed E-state index contributed by atoms with van der Waals surface area (Å²) in [4.78, 5) is 15.1. The molecule has 20 heavy (non-hydrogen) atoms. The van der Waals surface area contributed by atoms with Gasteiger partial charge >= 0.3 is 0 Å². The third-order valence-electron chi connectivity index (χ3n) is 2.74. The van der Waals surface area contributed by atoms with E-state index in [1.807, 2.05) is 38.9 Å². The van der Waals surface area contributed by atoms with Crippen LogP contribution in [0.5, 0.6) is 0 Å². The summed E-state index contributed by atoms with van der Waals surface area (Å²) in [6.07, 6.45) is 1.01. The van der Waals surface area contributed by atoms with Gasteiger partial charge in [0.1, 0.15) is 0 Å². The highest BCUT2D eigenvalue weighted by molar-refractivity contribution is 5.39. The van der Waals surface area contributed by atoms with Crippen molar-refractivity contribution in [3.8, 4) is 5.95 Å². The van der Waals surface area contributed by atoms with Gasteiger partial charge in [0.25, 0.3) is 5.95 Å². The highest BCUT2D eigenvalue weighted by Crippen LogP contribution is 2.13. The summed E-state index contributed by atoms with van der Waals surface area (Å²) in [6.45, 7) is 6.86. The van der Waals surface area contributed by atoms with Gasteiger partial charge in [0.15, 0.2) is 0 Å². The number of hydrogen-bond donors (Lipinski definition) is 1. The van der Waals surface area contributed by atoms with E-state index in [4.69, 9.17) is 0 Å². The lowest BCUT2D eigenvalue weighted by molar-refractivity contribution is 0.759. The second kappa shape index (κ2) is 5.85. The first-order valence-electron chi connectivity index (χ1n) is 6.72. The van der Waals surface area contributed by atoms with E-state index in [2.05, 4.69) is 32.3 Å². The molecule has 2 rings (SSSR count). The number of aryl methyl sites for hydroxylation is 2. The summed E-state index contributed by atoms with van der Waals surface area (Å²) in [5.41, 5.74) is 1.94. The van der Waals surface area contributed by atoms with Crippen molar-refractivity contribution in [3.05, 3.63) is 17.5 Å². The summed E-state index contributed by atoms with van der Waals surface area (Å²) in [5.74, 6) is 1.72. The first-order chi connectivity index (χ1) is 9.51. The van der Waals surface area contributed by atoms with E-state index in [0.717, 1.165) is 24.4 Å². The van der Waals surface area contributed by atoms with E-state index >= 15 is 0 Å². The van der Waals surface area contributed by atoms with Crippen LogP contribution in [0.2, 0.25) is 0 Å². The largest absolute Gasteiger partial charge is 0.354 e. The van der Waals surface area contributed by atoms with Gasteiger partial charge in [-0.3, -0.25) is 0 Å². The van der Waals surface area contributed by atoms with Gasteiger partial charge in [0.05, 0.1) is 5.69 Å². The zero-order valence-corrected chi connectivity index (χ0v) is 12.7. The van der Waals surface area contributed by atoms with Crippen LogP contribution in [0.25, 0.3) is 5.95 Å². The molecule has 0 saturated heterocycles. The molecule has 0 aliphatic heterocycles. The maximum atomic E-state index is 4.45. The number of nitrogens with one attached hydrogen (secondary N) is 1. The van der Waals surface area contributed by atoms with Crippen molar-refractivity contribution < 1.29 is 0 Å². The molecule has 0 spiro atoms. The van der Waals surface area contributed by atoms with Crippen molar-refractivity contribution in [1.82, 2.24) is 24.7 Å². The minimum Gasteiger partial charge on any atom is -0.354 e. The van der Waals surface area contributed by atoms with Gasteiger partial charge in [-0.25, -0.2) is 4.68 Å². The summed E-state index contributed by atoms with van der Waals surface area (Å²) in [5, 5.41) is 7.62. The smallest absolute Gasteiger partial charge is 0.257 e. The molecule has 0 saturated carbocycles. The molecule has 0 amide bonds. The highest BCUT2D eigenvalue weighted by atomic mass is 15.4. The van der Waals surface area contributed by atoms with Crippen LogP contribution >= 0.6 is 0 Å². The van der Waals surface area contributed by atoms with Crippen LogP contribution in [0.15, 0.2) is 6.07 Å². The van der Waals surface area contributed by atoms with Crippen molar-refractivity contribution in [3.63, 3.8) is 0 Å². The molecule has 2 aromatic rings. The molecule has 0 unspecified atom stereocenters. The zero-order valence-electron chi connectivity index (χ0n) is 12.7. The second-order valence-electron chi connectivity index (χ2n) is 4.92. The Morgan fingerprint density at radius 1 is 1.20 bits per heavy atom. The lowest BCUT2D eigenvalue weighted by Crippen LogP contribution is -2.18. The predicted octanol–water partition coefficient (Wildman–Crippen LogP) is 1.56. The van der Waals surface area contributed by atoms with Crippen LogP contribution < -0.4 is 10.2 Å². The fraction of sp³-hybridized carbons (Fsp3) is 0.538. The van der Waals surface area contributed by atoms with Crippen molar-refractivity contribution in [2.45, 2.75) is 27.2 Å². The van der Waals surface area contributed by atoms with Crippen LogP contribution in [-0.2, 0) is 0 Å². The number of rotatable bonds is 5. The van der Waals surface area contributed by atoms with E-state index < -0.39 is 0 Å². The third kappa shape index (κ3) is 3.04. The molecule has 7 nitrogen and oxygen atoms in total. The van der Waals surface area contributed by atoms with Gasteiger partial charge in [-0.2, -0.15) is 20.1 Å². The SMILES string of the molecule is CCCNc1nc(N(C)C)nc(-n2nc(C)cc2C)n1. The first-order valence-corrected chi connectivity index (χ1v) is 6.72. The van der Waals surface area contributed by atoms with Gasteiger partial charge in [-0.05, 0) is 26.3 Å². The van der Waals surface area contributed by atoms with Gasteiger partial charge in [-0.15, -0.1) is 0 Å². The topological polar surface area (TPSA) is 71.8 Å². The van der Waals surface area contributed by atoms with E-state index in [1.165, 1.54) is 0 Å². The monoisotopic (exact) mass is 275 g/mol. The van der Waals surface area contributed by atoms with E-state index in [-0.39, 0.29) is 0 Å². The first kappa shape index (κ1) is 14.2. The van der Waals surface area contributed by atoms with Gasteiger partial charge in [0.2, 0.25) is 11.9 Å². The highest BCUT2D eigenvalue weighted by Gasteiger charge is 2.12. The maximum Gasteiger partial charge on any atom is 0.257 e. The third-order valence-corrected chi connectivity index (χ3v) is 2.74. The molecule has 0 atom stereocenters. The van der Waals surface area contributed by atoms with Crippen LogP contribution in [-0.4, -0.2) is 45.4 Å². The average Bonchev–Trinajstić information content (AvgIpc) is 2.75. The molecule has 0 radical (unpaired) electrons. The van der Waals surface area contributed by atoms with E-state index in [0.29, 0.717) is 17.8 Å². The molecule has 108 valence electrons. The summed E-state index contributed by atoms with van der Waals surface area (Å²) in [6, 6.07) is 2.00. The molecule has 0 aliphatic rings. The number of anilines is 2. The molecule has 1 N–H and O–H groups in total. The summed E-state index contributed by atoms with van der Waals surface area (Å²) in [7, 11) is 3.81. The Labute approximate surface area is 119 Å². The molecule has 0 aliphatic carbocycles. The fourth-order valence-electron chi connectivity index (χ4n) is 1.80. The lowest BCUT2D eigenvalue weighted by atomic mass is 10.4. The van der Waals surface area contributed by atoms with Gasteiger partial charge in [-0.1, -0.05) is 6.92 Å². The Bertz CT molecular complexity index is 588. The predicted molar refractivity (Wildman–Crippen MR) is 79.5 cm³/mol. The Morgan fingerprint density at radius 3 is 2.50 bits per heavy atom. The lowest BCUT2D eigenvalue weighted by Gasteiger charge is -2.13. The van der Waals surface area contributed by atoms with E-state index in [9.17, 15) is 0 Å².